The van der Waals surface area contributed by atoms with Crippen molar-refractivity contribution in [3.8, 4) is 0 Å². The first-order valence-electron chi connectivity index (χ1n) is 14.9. The Kier molecular flexibility index (Phi) is 13.1. The molecule has 0 aliphatic rings. The number of benzene rings is 4. The number of allylic oxidation sites excluding steroid dienone is 2. The molecule has 2 atom stereocenters. The van der Waals surface area contributed by atoms with Crippen LogP contribution >= 0.6 is 0 Å². The number of hydrogen-bond acceptors (Lipinski definition) is 4. The summed E-state index contributed by atoms with van der Waals surface area (Å²) in [5, 5.41) is 16.9. The lowest BCUT2D eigenvalue weighted by Crippen LogP contribution is -2.20. The highest BCUT2D eigenvalue weighted by Crippen LogP contribution is 2.22. The van der Waals surface area contributed by atoms with E-state index in [2.05, 4.69) is 110 Å². The van der Waals surface area contributed by atoms with Gasteiger partial charge in [0.15, 0.2) is 0 Å². The molecule has 0 amide bonds. The average Bonchev–Trinajstić information content (AvgIpc) is 3.07. The van der Waals surface area contributed by atoms with Crippen LogP contribution in [0.1, 0.15) is 61.8 Å². The van der Waals surface area contributed by atoms with Crippen LogP contribution in [0.5, 0.6) is 0 Å². The molecule has 2 unspecified atom stereocenters. The number of rotatable bonds is 12. The Morgan fingerprint density at radius 3 is 1.05 bits per heavy atom. The van der Waals surface area contributed by atoms with E-state index in [1.54, 1.807) is 12.4 Å². The smallest absolute Gasteiger partial charge is 0.0389 e. The summed E-state index contributed by atoms with van der Waals surface area (Å²) >= 11 is 0. The van der Waals surface area contributed by atoms with Crippen LogP contribution in [0.2, 0.25) is 0 Å². The Morgan fingerprint density at radius 2 is 0.750 bits per heavy atom. The van der Waals surface area contributed by atoms with Gasteiger partial charge in [0, 0.05) is 47.5 Å². The van der Waals surface area contributed by atoms with Gasteiger partial charge in [-0.05, 0) is 22.3 Å². The van der Waals surface area contributed by atoms with Crippen LogP contribution in [0, 0.1) is 0 Å². The minimum absolute atomic E-state index is 0.0669. The zero-order chi connectivity index (χ0) is 31.7. The third-order valence-corrected chi connectivity index (χ3v) is 7.26. The molecule has 0 N–H and O–H groups in total. The van der Waals surface area contributed by atoms with Gasteiger partial charge >= 0.3 is 0 Å². The molecule has 4 rings (SSSR count). The number of hydrogen-bond donors (Lipinski definition) is 0. The van der Waals surface area contributed by atoms with E-state index in [1.807, 2.05) is 97.4 Å². The Labute approximate surface area is 264 Å². The average molecular weight is 581 g/mol. The molecule has 4 heteroatoms. The molecule has 0 aliphatic heterocycles. The van der Waals surface area contributed by atoms with Gasteiger partial charge in [0.2, 0.25) is 0 Å². The molecule has 0 aromatic heterocycles. The molecule has 0 radical (unpaired) electrons. The molecular weight excluding hydrogens is 536 g/mol. The lowest BCUT2D eigenvalue weighted by atomic mass is 9.86. The van der Waals surface area contributed by atoms with Crippen LogP contribution < -0.4 is 0 Å². The highest BCUT2D eigenvalue weighted by Gasteiger charge is 2.19. The lowest BCUT2D eigenvalue weighted by molar-refractivity contribution is 0.723. The van der Waals surface area contributed by atoms with E-state index >= 15 is 0 Å². The predicted molar refractivity (Wildman–Crippen MR) is 192 cm³/mol. The zero-order valence-corrected chi connectivity index (χ0v) is 26.4. The summed E-state index contributed by atoms with van der Waals surface area (Å²) in [5.41, 5.74) is 4.51. The molecule has 0 saturated heterocycles. The molecular formula is C40H44N4. The van der Waals surface area contributed by atoms with Crippen molar-refractivity contribution in [2.75, 3.05) is 0 Å². The van der Waals surface area contributed by atoms with Crippen molar-refractivity contribution in [3.05, 3.63) is 169 Å². The normalized spacial score (nSPS) is 13.5. The minimum Gasteiger partial charge on any atom is -0.163 e. The molecule has 4 aromatic carbocycles. The van der Waals surface area contributed by atoms with Gasteiger partial charge in [-0.15, -0.1) is 13.2 Å². The van der Waals surface area contributed by atoms with Crippen molar-refractivity contribution in [1.82, 2.24) is 0 Å². The molecule has 0 bridgehead atoms. The topological polar surface area (TPSA) is 49.4 Å². The summed E-state index contributed by atoms with van der Waals surface area (Å²) in [6.45, 7) is 16.3. The van der Waals surface area contributed by atoms with E-state index in [-0.39, 0.29) is 22.7 Å². The van der Waals surface area contributed by atoms with E-state index in [9.17, 15) is 0 Å². The van der Waals surface area contributed by atoms with Gasteiger partial charge in [-0.3, -0.25) is 0 Å². The van der Waals surface area contributed by atoms with E-state index in [1.165, 1.54) is 11.1 Å². The monoisotopic (exact) mass is 580 g/mol. The molecule has 4 nitrogen and oxygen atoms in total. The zero-order valence-electron chi connectivity index (χ0n) is 26.4. The van der Waals surface area contributed by atoms with Crippen LogP contribution in [0.3, 0.4) is 0 Å². The highest BCUT2D eigenvalue weighted by atomic mass is 15.2. The van der Waals surface area contributed by atoms with E-state index in [0.29, 0.717) is 0 Å². The van der Waals surface area contributed by atoms with E-state index in [0.717, 1.165) is 11.1 Å². The van der Waals surface area contributed by atoms with Gasteiger partial charge in [-0.25, -0.2) is 0 Å². The quantitative estimate of drug-likeness (QED) is 0.0910. The fourth-order valence-corrected chi connectivity index (χ4v) is 4.38. The second-order valence-electron chi connectivity index (χ2n) is 11.5. The fraction of sp³-hybridized carbons (Fsp3) is 0.200. The summed E-state index contributed by atoms with van der Waals surface area (Å²) in [6.07, 6.45) is 11.1. The maximum absolute atomic E-state index is 4.27. The fourth-order valence-electron chi connectivity index (χ4n) is 4.38. The van der Waals surface area contributed by atoms with Crippen molar-refractivity contribution >= 4 is 24.9 Å². The van der Waals surface area contributed by atoms with Crippen molar-refractivity contribution in [2.45, 2.75) is 50.4 Å². The van der Waals surface area contributed by atoms with Crippen LogP contribution in [0.25, 0.3) is 0 Å². The second kappa shape index (κ2) is 17.2. The van der Waals surface area contributed by atoms with Crippen LogP contribution in [-0.4, -0.2) is 24.9 Å². The van der Waals surface area contributed by atoms with Crippen molar-refractivity contribution in [2.24, 2.45) is 20.4 Å². The second-order valence-corrected chi connectivity index (χ2v) is 11.5. The molecule has 0 spiro atoms. The lowest BCUT2D eigenvalue weighted by Gasteiger charge is -2.20. The first-order chi connectivity index (χ1) is 21.3. The Hall–Kier alpha value is -4.96. The van der Waals surface area contributed by atoms with E-state index < -0.39 is 0 Å². The summed E-state index contributed by atoms with van der Waals surface area (Å²) in [4.78, 5) is 0. The van der Waals surface area contributed by atoms with Gasteiger partial charge < -0.3 is 0 Å². The van der Waals surface area contributed by atoms with Crippen LogP contribution in [-0.2, 0) is 10.8 Å². The maximum atomic E-state index is 4.27. The standard InChI is InChI=1S/C20H24N2.C20H20N2/c1-19(2,17-11-7-5-8-12-17)15-21-22-16-20(3,4)18-13-9-6-10-14-18;1-3-17(19-11-7-5-8-12-19)15-21-22-16-18(4-2)20-13-9-6-10-14-20/h5-16H,1-4H3;3-18H,1-2H2/b2*21-15+,22-16+. The molecule has 0 fully saturated rings. The SMILES string of the molecule is C=CC(/C=N/N=C/C(C=C)c1ccccc1)c1ccccc1.CC(C)(/C=N/N=C/C(C)(C)c1ccccc1)c1ccccc1. The van der Waals surface area contributed by atoms with Gasteiger partial charge in [0.25, 0.3) is 0 Å². The number of nitrogens with zero attached hydrogens (tertiary/aromatic N) is 4. The summed E-state index contributed by atoms with van der Waals surface area (Å²) in [5.74, 6) is 0.134. The van der Waals surface area contributed by atoms with Gasteiger partial charge in [-0.1, -0.05) is 161 Å². The molecule has 0 saturated carbocycles. The predicted octanol–water partition coefficient (Wildman–Crippen LogP) is 9.98. The highest BCUT2D eigenvalue weighted by molar-refractivity contribution is 5.76. The van der Waals surface area contributed by atoms with Crippen LogP contribution in [0.15, 0.2) is 167 Å². The van der Waals surface area contributed by atoms with Crippen molar-refractivity contribution < 1.29 is 0 Å². The molecule has 224 valence electrons. The molecule has 0 heterocycles. The largest absolute Gasteiger partial charge is 0.163 e. The first-order valence-corrected chi connectivity index (χ1v) is 14.9. The molecule has 44 heavy (non-hydrogen) atoms. The maximum Gasteiger partial charge on any atom is 0.0389 e. The third-order valence-electron chi connectivity index (χ3n) is 7.26. The summed E-state index contributed by atoms with van der Waals surface area (Å²) in [7, 11) is 0. The van der Waals surface area contributed by atoms with Crippen molar-refractivity contribution in [3.63, 3.8) is 0 Å². The van der Waals surface area contributed by atoms with Gasteiger partial charge in [0.1, 0.15) is 0 Å². The minimum atomic E-state index is -0.129. The summed E-state index contributed by atoms with van der Waals surface area (Å²) < 4.78 is 0. The van der Waals surface area contributed by atoms with Crippen LogP contribution in [0.4, 0.5) is 0 Å². The van der Waals surface area contributed by atoms with Crippen molar-refractivity contribution in [1.29, 1.82) is 0 Å². The van der Waals surface area contributed by atoms with Gasteiger partial charge in [0.05, 0.1) is 0 Å². The first kappa shape index (κ1) is 33.5. The van der Waals surface area contributed by atoms with E-state index in [4.69, 9.17) is 0 Å². The molecule has 4 aromatic rings. The summed E-state index contributed by atoms with van der Waals surface area (Å²) in [6, 6.07) is 40.9. The Morgan fingerprint density at radius 1 is 0.455 bits per heavy atom. The Balaban J connectivity index is 0.000000240. The Bertz CT molecular complexity index is 1400. The molecule has 0 aliphatic carbocycles. The third kappa shape index (κ3) is 10.7. The van der Waals surface area contributed by atoms with Gasteiger partial charge in [-0.2, -0.15) is 20.4 Å².